The molecule has 3 aromatic carbocycles. The molecule has 1 aliphatic rings. The first kappa shape index (κ1) is 38.6. The first-order valence-corrected chi connectivity index (χ1v) is 16.2. The summed E-state index contributed by atoms with van der Waals surface area (Å²) >= 11 is 6.01. The lowest BCUT2D eigenvalue weighted by Gasteiger charge is -2.25. The highest BCUT2D eigenvalue weighted by Gasteiger charge is 2.45. The Labute approximate surface area is 303 Å². The number of amides is 3. The zero-order valence-corrected chi connectivity index (χ0v) is 28.7. The third-order valence-corrected chi connectivity index (χ3v) is 8.04. The molecule has 0 unspecified atom stereocenters. The molecule has 4 aromatic rings. The summed E-state index contributed by atoms with van der Waals surface area (Å²) in [5, 5.41) is 13.4. The zero-order valence-electron chi connectivity index (χ0n) is 27.9. The molecule has 0 aliphatic heterocycles. The van der Waals surface area contributed by atoms with E-state index in [0.29, 0.717) is 35.7 Å². The van der Waals surface area contributed by atoms with E-state index in [2.05, 4.69) is 36.2 Å². The number of nitrogens with one attached hydrogen (secondary N) is 5. The van der Waals surface area contributed by atoms with Gasteiger partial charge in [0.25, 0.3) is 5.91 Å². The second-order valence-corrected chi connectivity index (χ2v) is 13.2. The molecule has 0 radical (unpaired) electrons. The van der Waals surface area contributed by atoms with E-state index in [1.165, 1.54) is 24.3 Å². The monoisotopic (exact) mass is 764 g/mol. The van der Waals surface area contributed by atoms with Gasteiger partial charge in [-0.05, 0) is 60.2 Å². The molecule has 5 N–H and O–H groups in total. The van der Waals surface area contributed by atoms with Gasteiger partial charge in [-0.25, -0.2) is 13.2 Å². The van der Waals surface area contributed by atoms with Gasteiger partial charge in [0.1, 0.15) is 11.5 Å². The molecule has 1 heterocycles. The molecular weight excluding hydrogens is 734 g/mol. The van der Waals surface area contributed by atoms with Crippen LogP contribution in [0.25, 0.3) is 0 Å². The van der Waals surface area contributed by atoms with Crippen LogP contribution in [0.2, 0.25) is 5.02 Å². The van der Waals surface area contributed by atoms with Gasteiger partial charge in [-0.15, -0.1) is 0 Å². The van der Waals surface area contributed by atoms with Crippen molar-refractivity contribution in [3.05, 3.63) is 94.3 Å². The number of nitrogens with zero attached hydrogens (tertiary/aromatic N) is 3. The smallest absolute Gasteiger partial charge is 0.422 e. The number of aromatic nitrogens is 3. The van der Waals surface area contributed by atoms with E-state index >= 15 is 0 Å². The van der Waals surface area contributed by atoms with Crippen LogP contribution in [0.3, 0.4) is 0 Å². The minimum Gasteiger partial charge on any atom is -0.454 e. The fraction of sp³-hybridized carbons (Fsp3) is 0.294. The number of rotatable bonds is 13. The quantitative estimate of drug-likeness (QED) is 0.0785. The topological polar surface area (TPSA) is 159 Å². The Kier molecular flexibility index (Phi) is 11.3. The molecule has 0 atom stereocenters. The summed E-state index contributed by atoms with van der Waals surface area (Å²) in [7, 11) is 0. The lowest BCUT2D eigenvalue weighted by atomic mass is 9.93. The molecule has 3 amide bonds. The summed E-state index contributed by atoms with van der Waals surface area (Å²) in [4.78, 5) is 49.6. The van der Waals surface area contributed by atoms with Crippen LogP contribution in [-0.4, -0.2) is 58.5 Å². The van der Waals surface area contributed by atoms with Crippen LogP contribution in [0, 0.1) is 22.9 Å². The lowest BCUT2D eigenvalue weighted by molar-refractivity contribution is -0.154. The Morgan fingerprint density at radius 2 is 1.43 bits per heavy atom. The molecule has 280 valence electrons. The van der Waals surface area contributed by atoms with Gasteiger partial charge in [0.2, 0.25) is 11.9 Å². The number of halogens is 7. The highest BCUT2D eigenvalue weighted by atomic mass is 35.5. The van der Waals surface area contributed by atoms with E-state index in [1.807, 2.05) is 12.1 Å². The molecule has 1 aliphatic carbocycles. The van der Waals surface area contributed by atoms with Crippen LogP contribution < -0.4 is 31.3 Å². The predicted molar refractivity (Wildman–Crippen MR) is 181 cm³/mol. The molecule has 0 saturated heterocycles. The van der Waals surface area contributed by atoms with Gasteiger partial charge in [-0.1, -0.05) is 37.6 Å². The standard InChI is InChI=1S/C34H31ClF6N8O4/c1-32(2,16-43-27(51)28(52)45-25-23(37)13-21(36)14-24(25)38)15-42-26(50)18-3-9-22(10-4-18)44-29-46-30(48-31(47-29)53-17-34(39,40)41)49-33(11-12-33)19-5-7-20(35)8-6-19/h3-10,13-14H,11-12,15-17H2,1-2H3,(H,42,50)(H,43,51)(H,45,52)(H2,44,46,47,48,49). The zero-order chi connectivity index (χ0) is 38.6. The van der Waals surface area contributed by atoms with E-state index in [0.717, 1.165) is 5.56 Å². The summed E-state index contributed by atoms with van der Waals surface area (Å²) < 4.78 is 84.3. The number of carbonyl (C=O) groups is 3. The van der Waals surface area contributed by atoms with Gasteiger partial charge >= 0.3 is 24.0 Å². The molecule has 1 aromatic heterocycles. The highest BCUT2D eigenvalue weighted by Crippen LogP contribution is 2.48. The number of hydrogen-bond donors (Lipinski definition) is 5. The van der Waals surface area contributed by atoms with Crippen molar-refractivity contribution in [1.29, 1.82) is 0 Å². The average Bonchev–Trinajstić information content (AvgIpc) is 3.87. The highest BCUT2D eigenvalue weighted by molar-refractivity contribution is 6.39. The van der Waals surface area contributed by atoms with Crippen LogP contribution >= 0.6 is 11.6 Å². The number of benzene rings is 3. The third-order valence-electron chi connectivity index (χ3n) is 7.79. The van der Waals surface area contributed by atoms with E-state index in [4.69, 9.17) is 16.3 Å². The fourth-order valence-electron chi connectivity index (χ4n) is 4.82. The number of alkyl halides is 3. The lowest BCUT2D eigenvalue weighted by Crippen LogP contribution is -2.45. The Balaban J connectivity index is 1.17. The fourth-order valence-corrected chi connectivity index (χ4v) is 4.95. The largest absolute Gasteiger partial charge is 0.454 e. The van der Waals surface area contributed by atoms with E-state index in [-0.39, 0.29) is 30.5 Å². The van der Waals surface area contributed by atoms with E-state index in [9.17, 15) is 40.7 Å². The van der Waals surface area contributed by atoms with Crippen molar-refractivity contribution in [3.63, 3.8) is 0 Å². The van der Waals surface area contributed by atoms with E-state index in [1.54, 1.807) is 31.3 Å². The van der Waals surface area contributed by atoms with Crippen molar-refractivity contribution in [3.8, 4) is 6.01 Å². The molecule has 0 bridgehead atoms. The van der Waals surface area contributed by atoms with Crippen molar-refractivity contribution in [2.75, 3.05) is 35.6 Å². The molecule has 19 heteroatoms. The molecule has 5 rings (SSSR count). The van der Waals surface area contributed by atoms with Gasteiger partial charge < -0.3 is 31.3 Å². The molecular formula is C34H31ClF6N8O4. The number of hydrogen-bond acceptors (Lipinski definition) is 9. The molecule has 1 saturated carbocycles. The van der Waals surface area contributed by atoms with Crippen molar-refractivity contribution < 1.29 is 45.5 Å². The van der Waals surface area contributed by atoms with Crippen LogP contribution in [-0.2, 0) is 15.1 Å². The SMILES string of the molecule is CC(C)(CNC(=O)C(=O)Nc1c(F)cc(F)cc1F)CNC(=O)c1ccc(Nc2nc(NC3(c4ccc(Cl)cc4)CC3)nc(OCC(F)(F)F)n2)cc1. The normalized spacial score (nSPS) is 13.5. The molecule has 1 fully saturated rings. The van der Waals surface area contributed by atoms with Crippen LogP contribution in [0.4, 0.5) is 49.6 Å². The van der Waals surface area contributed by atoms with Crippen molar-refractivity contribution in [1.82, 2.24) is 25.6 Å². The minimum absolute atomic E-state index is 0.0216. The first-order chi connectivity index (χ1) is 24.9. The van der Waals surface area contributed by atoms with Gasteiger partial charge in [0.15, 0.2) is 18.2 Å². The maximum Gasteiger partial charge on any atom is 0.422 e. The summed E-state index contributed by atoms with van der Waals surface area (Å²) in [6, 6.07) is 13.2. The number of anilines is 4. The Bertz CT molecular complexity index is 1970. The Morgan fingerprint density at radius 3 is 2.04 bits per heavy atom. The van der Waals surface area contributed by atoms with Crippen LogP contribution in [0.15, 0.2) is 60.7 Å². The Hall–Kier alpha value is -5.65. The third kappa shape index (κ3) is 10.7. The van der Waals surface area contributed by atoms with Crippen molar-refractivity contribution in [2.45, 2.75) is 38.4 Å². The van der Waals surface area contributed by atoms with Gasteiger partial charge in [0, 0.05) is 41.5 Å². The maximum absolute atomic E-state index is 13.8. The number of ether oxygens (including phenoxy) is 1. The van der Waals surface area contributed by atoms with Gasteiger partial charge in [0.05, 0.1) is 5.54 Å². The average molecular weight is 765 g/mol. The molecule has 53 heavy (non-hydrogen) atoms. The summed E-state index contributed by atoms with van der Waals surface area (Å²) in [5.74, 6) is -7.26. The van der Waals surface area contributed by atoms with Crippen LogP contribution in [0.5, 0.6) is 6.01 Å². The summed E-state index contributed by atoms with van der Waals surface area (Å²) in [5.41, 5.74) is -0.850. The summed E-state index contributed by atoms with van der Waals surface area (Å²) in [6.45, 7) is 1.61. The molecule has 0 spiro atoms. The Morgan fingerprint density at radius 1 is 0.830 bits per heavy atom. The van der Waals surface area contributed by atoms with Gasteiger partial charge in [-0.3, -0.25) is 14.4 Å². The second kappa shape index (κ2) is 15.5. The predicted octanol–water partition coefficient (Wildman–Crippen LogP) is 6.24. The van der Waals surface area contributed by atoms with Gasteiger partial charge in [-0.2, -0.15) is 28.1 Å². The molecule has 12 nitrogen and oxygen atoms in total. The summed E-state index contributed by atoms with van der Waals surface area (Å²) in [6.07, 6.45) is -3.23. The van der Waals surface area contributed by atoms with Crippen molar-refractivity contribution >= 4 is 52.6 Å². The number of carbonyl (C=O) groups excluding carboxylic acids is 3. The minimum atomic E-state index is -4.64. The first-order valence-electron chi connectivity index (χ1n) is 15.8. The van der Waals surface area contributed by atoms with Crippen molar-refractivity contribution in [2.24, 2.45) is 5.41 Å². The second-order valence-electron chi connectivity index (χ2n) is 12.8. The maximum atomic E-state index is 13.8. The van der Waals surface area contributed by atoms with E-state index < -0.39 is 70.6 Å². The van der Waals surface area contributed by atoms with Crippen LogP contribution in [0.1, 0.15) is 42.6 Å².